The number of para-hydroxylation sites is 1. The molecule has 5 heteroatoms. The lowest BCUT2D eigenvalue weighted by Crippen LogP contribution is -2.33. The van der Waals surface area contributed by atoms with Crippen LogP contribution in [-0.4, -0.2) is 30.2 Å². The van der Waals surface area contributed by atoms with Crippen LogP contribution in [-0.2, 0) is 4.79 Å². The van der Waals surface area contributed by atoms with Gasteiger partial charge >= 0.3 is 0 Å². The van der Waals surface area contributed by atoms with Crippen LogP contribution in [0, 0.1) is 0 Å². The zero-order valence-corrected chi connectivity index (χ0v) is 15.1. The Morgan fingerprint density at radius 1 is 1.12 bits per heavy atom. The van der Waals surface area contributed by atoms with E-state index >= 15 is 0 Å². The summed E-state index contributed by atoms with van der Waals surface area (Å²) in [6.45, 7) is 3.34. The van der Waals surface area contributed by atoms with Gasteiger partial charge in [0.2, 0.25) is 0 Å². The van der Waals surface area contributed by atoms with Crippen molar-refractivity contribution in [2.45, 2.75) is 19.9 Å². The number of nitrogens with zero attached hydrogens (tertiary/aromatic N) is 1. The summed E-state index contributed by atoms with van der Waals surface area (Å²) in [6, 6.07) is 16.2. The molecule has 5 nitrogen and oxygen atoms in total. The molecule has 26 heavy (non-hydrogen) atoms. The van der Waals surface area contributed by atoms with Crippen molar-refractivity contribution in [1.82, 2.24) is 4.90 Å². The SMILES string of the molecule is CC(=O)c1ccc(OCC(=O)N(C)C(C)c2cc3ccccc3o2)cc1. The Bertz CT molecular complexity index is 894. The van der Waals surface area contributed by atoms with Crippen molar-refractivity contribution in [3.8, 4) is 5.75 Å². The Kier molecular flexibility index (Phi) is 5.07. The fourth-order valence-corrected chi connectivity index (χ4v) is 2.65. The zero-order chi connectivity index (χ0) is 18.7. The minimum Gasteiger partial charge on any atom is -0.484 e. The van der Waals surface area contributed by atoms with E-state index in [-0.39, 0.29) is 24.3 Å². The molecule has 3 aromatic rings. The predicted octanol–water partition coefficient (Wildman–Crippen LogP) is 4.23. The molecule has 134 valence electrons. The van der Waals surface area contributed by atoms with Crippen LogP contribution in [0.15, 0.2) is 59.0 Å². The van der Waals surface area contributed by atoms with Crippen LogP contribution < -0.4 is 4.74 Å². The molecule has 1 unspecified atom stereocenters. The molecule has 0 radical (unpaired) electrons. The first-order chi connectivity index (χ1) is 12.5. The number of fused-ring (bicyclic) bond motifs is 1. The highest BCUT2D eigenvalue weighted by atomic mass is 16.5. The van der Waals surface area contributed by atoms with Crippen molar-refractivity contribution in [2.24, 2.45) is 0 Å². The Labute approximate surface area is 152 Å². The van der Waals surface area contributed by atoms with Gasteiger partial charge in [0.15, 0.2) is 12.4 Å². The third-order valence-electron chi connectivity index (χ3n) is 4.45. The van der Waals surface area contributed by atoms with Gasteiger partial charge in [0.05, 0.1) is 6.04 Å². The summed E-state index contributed by atoms with van der Waals surface area (Å²) >= 11 is 0. The normalized spacial score (nSPS) is 12.0. The molecule has 1 amide bonds. The second-order valence-electron chi connectivity index (χ2n) is 6.24. The average molecular weight is 351 g/mol. The summed E-state index contributed by atoms with van der Waals surface area (Å²) in [7, 11) is 1.72. The lowest BCUT2D eigenvalue weighted by atomic mass is 10.1. The molecule has 0 fully saturated rings. The van der Waals surface area contributed by atoms with E-state index in [2.05, 4.69) is 0 Å². The maximum Gasteiger partial charge on any atom is 0.260 e. The van der Waals surface area contributed by atoms with Gasteiger partial charge in [-0.1, -0.05) is 18.2 Å². The molecular formula is C21H21NO4. The van der Waals surface area contributed by atoms with Crippen LogP contribution in [0.4, 0.5) is 0 Å². The Morgan fingerprint density at radius 2 is 1.81 bits per heavy atom. The van der Waals surface area contributed by atoms with Gasteiger partial charge in [0.25, 0.3) is 5.91 Å². The number of carbonyl (C=O) groups excluding carboxylic acids is 2. The molecule has 3 rings (SSSR count). The second kappa shape index (κ2) is 7.44. The van der Waals surface area contributed by atoms with E-state index in [1.807, 2.05) is 37.3 Å². The van der Waals surface area contributed by atoms with Crippen LogP contribution in [0.1, 0.15) is 36.0 Å². The monoisotopic (exact) mass is 351 g/mol. The molecule has 0 saturated heterocycles. The lowest BCUT2D eigenvalue weighted by molar-refractivity contribution is -0.134. The van der Waals surface area contributed by atoms with Crippen molar-refractivity contribution < 1.29 is 18.7 Å². The molecule has 0 aliphatic rings. The molecule has 1 heterocycles. The van der Waals surface area contributed by atoms with Crippen LogP contribution in [0.5, 0.6) is 5.75 Å². The molecule has 0 N–H and O–H groups in total. The minimum absolute atomic E-state index is 0.00739. The fraction of sp³-hybridized carbons (Fsp3) is 0.238. The largest absolute Gasteiger partial charge is 0.484 e. The van der Waals surface area contributed by atoms with Gasteiger partial charge in [-0.3, -0.25) is 9.59 Å². The summed E-state index contributed by atoms with van der Waals surface area (Å²) in [6.07, 6.45) is 0. The number of hydrogen-bond donors (Lipinski definition) is 0. The smallest absolute Gasteiger partial charge is 0.260 e. The third kappa shape index (κ3) is 3.77. The topological polar surface area (TPSA) is 59.8 Å². The van der Waals surface area contributed by atoms with Crippen molar-refractivity contribution in [3.05, 3.63) is 65.9 Å². The van der Waals surface area contributed by atoms with Crippen LogP contribution in [0.3, 0.4) is 0 Å². The van der Waals surface area contributed by atoms with Crippen molar-refractivity contribution in [2.75, 3.05) is 13.7 Å². The number of benzene rings is 2. The number of rotatable bonds is 6. The highest BCUT2D eigenvalue weighted by molar-refractivity contribution is 5.94. The maximum absolute atomic E-state index is 12.4. The number of hydrogen-bond acceptors (Lipinski definition) is 4. The van der Waals surface area contributed by atoms with Crippen LogP contribution in [0.2, 0.25) is 0 Å². The number of likely N-dealkylation sites (N-methyl/N-ethyl adjacent to an activating group) is 1. The first kappa shape index (κ1) is 17.7. The summed E-state index contributed by atoms with van der Waals surface area (Å²) in [5.74, 6) is 1.11. The van der Waals surface area contributed by atoms with Crippen LogP contribution >= 0.6 is 0 Å². The van der Waals surface area contributed by atoms with Crippen molar-refractivity contribution in [1.29, 1.82) is 0 Å². The lowest BCUT2D eigenvalue weighted by Gasteiger charge is -2.23. The van der Waals surface area contributed by atoms with Gasteiger partial charge in [0.1, 0.15) is 17.1 Å². The second-order valence-corrected chi connectivity index (χ2v) is 6.24. The maximum atomic E-state index is 12.4. The number of furan rings is 1. The molecule has 0 aliphatic heterocycles. The van der Waals surface area contributed by atoms with Gasteiger partial charge in [-0.05, 0) is 50.2 Å². The predicted molar refractivity (Wildman–Crippen MR) is 99.3 cm³/mol. The molecule has 0 spiro atoms. The highest BCUT2D eigenvalue weighted by Crippen LogP contribution is 2.26. The van der Waals surface area contributed by atoms with Crippen molar-refractivity contribution in [3.63, 3.8) is 0 Å². The van der Waals surface area contributed by atoms with Gasteiger partial charge < -0.3 is 14.1 Å². The van der Waals surface area contributed by atoms with E-state index in [1.165, 1.54) is 6.92 Å². The molecule has 1 atom stereocenters. The molecule has 0 aliphatic carbocycles. The Morgan fingerprint density at radius 3 is 2.46 bits per heavy atom. The zero-order valence-electron chi connectivity index (χ0n) is 15.1. The average Bonchev–Trinajstić information content (AvgIpc) is 3.09. The minimum atomic E-state index is -0.210. The Balaban J connectivity index is 1.62. The number of carbonyl (C=O) groups is 2. The molecule has 2 aromatic carbocycles. The molecule has 1 aromatic heterocycles. The summed E-state index contributed by atoms with van der Waals surface area (Å²) in [4.78, 5) is 25.3. The summed E-state index contributed by atoms with van der Waals surface area (Å²) in [5.41, 5.74) is 1.41. The van der Waals surface area contributed by atoms with E-state index in [1.54, 1.807) is 36.2 Å². The molecular weight excluding hydrogens is 330 g/mol. The quantitative estimate of drug-likeness (QED) is 0.624. The van der Waals surface area contributed by atoms with E-state index in [9.17, 15) is 9.59 Å². The van der Waals surface area contributed by atoms with Gasteiger partial charge in [-0.2, -0.15) is 0 Å². The number of amides is 1. The van der Waals surface area contributed by atoms with E-state index in [4.69, 9.17) is 9.15 Å². The van der Waals surface area contributed by atoms with Gasteiger partial charge in [-0.25, -0.2) is 0 Å². The first-order valence-electron chi connectivity index (χ1n) is 8.43. The molecule has 0 saturated carbocycles. The van der Waals surface area contributed by atoms with Crippen molar-refractivity contribution >= 4 is 22.7 Å². The highest BCUT2D eigenvalue weighted by Gasteiger charge is 2.21. The van der Waals surface area contributed by atoms with Gasteiger partial charge in [-0.15, -0.1) is 0 Å². The number of ketones is 1. The van der Waals surface area contributed by atoms with Gasteiger partial charge in [0, 0.05) is 18.0 Å². The fourth-order valence-electron chi connectivity index (χ4n) is 2.65. The third-order valence-corrected chi connectivity index (χ3v) is 4.45. The number of ether oxygens (including phenoxy) is 1. The van der Waals surface area contributed by atoms with E-state index in [0.29, 0.717) is 11.3 Å². The molecule has 0 bridgehead atoms. The summed E-state index contributed by atoms with van der Waals surface area (Å²) < 4.78 is 11.4. The van der Waals surface area contributed by atoms with E-state index in [0.717, 1.165) is 16.7 Å². The standard InChI is InChI=1S/C21H21NO4/c1-14(20-12-17-6-4-5-7-19(17)26-20)22(3)21(24)13-25-18-10-8-16(9-11-18)15(2)23/h4-12,14H,13H2,1-3H3. The first-order valence-corrected chi connectivity index (χ1v) is 8.43. The summed E-state index contributed by atoms with van der Waals surface area (Å²) in [5, 5.41) is 1.01. The van der Waals surface area contributed by atoms with Crippen LogP contribution in [0.25, 0.3) is 11.0 Å². The van der Waals surface area contributed by atoms with E-state index < -0.39 is 0 Å². The number of Topliss-reactive ketones (excluding diaryl/α,β-unsaturated/α-hetero) is 1. The Hall–Kier alpha value is -3.08.